The van der Waals surface area contributed by atoms with Gasteiger partial charge in [-0.15, -0.1) is 22.7 Å². The van der Waals surface area contributed by atoms with Crippen molar-refractivity contribution in [3.8, 4) is 10.6 Å². The highest BCUT2D eigenvalue weighted by molar-refractivity contribution is 7.13. The minimum atomic E-state index is 0.790. The van der Waals surface area contributed by atoms with Gasteiger partial charge in [0.25, 0.3) is 0 Å². The van der Waals surface area contributed by atoms with E-state index in [9.17, 15) is 0 Å². The van der Waals surface area contributed by atoms with Gasteiger partial charge in [-0.25, -0.2) is 4.98 Å². The van der Waals surface area contributed by atoms with Crippen molar-refractivity contribution in [2.45, 2.75) is 13.1 Å². The molecule has 92 valence electrons. The summed E-state index contributed by atoms with van der Waals surface area (Å²) in [4.78, 5) is 5.46. The number of nitrogens with zero attached hydrogens (tertiary/aromatic N) is 2. The Hall–Kier alpha value is -1.50. The molecule has 0 unspecified atom stereocenters. The molecule has 3 heterocycles. The number of hydrogen-bond donors (Lipinski definition) is 2. The number of nitrogens with one attached hydrogen (secondary N) is 2. The van der Waals surface area contributed by atoms with E-state index < -0.39 is 0 Å². The van der Waals surface area contributed by atoms with E-state index >= 15 is 0 Å². The molecule has 0 fully saturated rings. The van der Waals surface area contributed by atoms with E-state index in [-0.39, 0.29) is 0 Å². The number of rotatable bonds is 5. The van der Waals surface area contributed by atoms with Crippen LogP contribution in [0.3, 0.4) is 0 Å². The van der Waals surface area contributed by atoms with Crippen LogP contribution in [-0.4, -0.2) is 15.2 Å². The normalized spacial score (nSPS) is 10.9. The number of thiazole rings is 1. The van der Waals surface area contributed by atoms with Gasteiger partial charge >= 0.3 is 0 Å². The molecule has 3 rings (SSSR count). The van der Waals surface area contributed by atoms with Gasteiger partial charge < -0.3 is 5.32 Å². The highest BCUT2D eigenvalue weighted by atomic mass is 32.1. The molecule has 0 atom stereocenters. The van der Waals surface area contributed by atoms with E-state index in [1.165, 1.54) is 10.4 Å². The van der Waals surface area contributed by atoms with Crippen LogP contribution in [0.25, 0.3) is 10.6 Å². The quantitative estimate of drug-likeness (QED) is 0.753. The molecule has 0 amide bonds. The summed E-state index contributed by atoms with van der Waals surface area (Å²) < 4.78 is 0. The predicted octanol–water partition coefficient (Wildman–Crippen LogP) is 2.88. The van der Waals surface area contributed by atoms with Crippen LogP contribution in [0.2, 0.25) is 0 Å². The van der Waals surface area contributed by atoms with Gasteiger partial charge in [0.15, 0.2) is 0 Å². The molecule has 0 saturated heterocycles. The molecular weight excluding hydrogens is 264 g/mol. The fraction of sp³-hybridized carbons (Fsp3) is 0.167. The maximum Gasteiger partial charge on any atom is 0.0795 e. The van der Waals surface area contributed by atoms with Gasteiger partial charge in [0.2, 0.25) is 0 Å². The molecule has 0 aliphatic carbocycles. The van der Waals surface area contributed by atoms with E-state index in [2.05, 4.69) is 37.3 Å². The first-order chi connectivity index (χ1) is 8.93. The average Bonchev–Trinajstić information content (AvgIpc) is 3.12. The van der Waals surface area contributed by atoms with Crippen LogP contribution in [0.4, 0.5) is 0 Å². The first kappa shape index (κ1) is 11.6. The van der Waals surface area contributed by atoms with Crippen molar-refractivity contribution in [2.24, 2.45) is 0 Å². The fourth-order valence-electron chi connectivity index (χ4n) is 1.73. The van der Waals surface area contributed by atoms with Crippen LogP contribution >= 0.6 is 22.7 Å². The molecule has 2 N–H and O–H groups in total. The van der Waals surface area contributed by atoms with E-state index in [0.29, 0.717) is 0 Å². The molecule has 3 aromatic rings. The molecule has 0 aromatic carbocycles. The monoisotopic (exact) mass is 276 g/mol. The van der Waals surface area contributed by atoms with Crippen LogP contribution in [0.1, 0.15) is 11.3 Å². The third-order valence-corrected chi connectivity index (χ3v) is 4.11. The first-order valence-electron chi connectivity index (χ1n) is 5.57. The van der Waals surface area contributed by atoms with Crippen LogP contribution in [0.5, 0.6) is 0 Å². The summed E-state index contributed by atoms with van der Waals surface area (Å²) in [5.41, 5.74) is 5.23. The summed E-state index contributed by atoms with van der Waals surface area (Å²) in [6.45, 7) is 1.58. The van der Waals surface area contributed by atoms with Crippen LogP contribution in [0, 0.1) is 0 Å². The minimum Gasteiger partial charge on any atom is -0.307 e. The Morgan fingerprint density at radius 3 is 3.11 bits per heavy atom. The zero-order chi connectivity index (χ0) is 12.2. The number of H-pyrrole nitrogens is 1. The number of hydrogen-bond acceptors (Lipinski definition) is 5. The van der Waals surface area contributed by atoms with E-state index in [4.69, 9.17) is 0 Å². The van der Waals surface area contributed by atoms with Gasteiger partial charge in [0.05, 0.1) is 28.0 Å². The molecule has 0 aliphatic heterocycles. The number of aromatic nitrogens is 3. The Morgan fingerprint density at radius 2 is 2.33 bits per heavy atom. The van der Waals surface area contributed by atoms with Crippen molar-refractivity contribution in [1.29, 1.82) is 0 Å². The van der Waals surface area contributed by atoms with Gasteiger partial charge in [0, 0.05) is 24.0 Å². The Bertz CT molecular complexity index is 583. The molecule has 0 bridgehead atoms. The Kier molecular flexibility index (Phi) is 3.49. The first-order valence-corrected chi connectivity index (χ1v) is 7.39. The number of thiophene rings is 1. The summed E-state index contributed by atoms with van der Waals surface area (Å²) in [6, 6.07) is 4.15. The largest absolute Gasteiger partial charge is 0.307 e. The SMILES string of the molecule is c1csc(-c2[nH]ncc2CNCc2cscn2)c1. The zero-order valence-corrected chi connectivity index (χ0v) is 11.2. The maximum absolute atomic E-state index is 4.24. The molecule has 0 spiro atoms. The van der Waals surface area contributed by atoms with Crippen molar-refractivity contribution in [1.82, 2.24) is 20.5 Å². The lowest BCUT2D eigenvalue weighted by Gasteiger charge is -2.02. The highest BCUT2D eigenvalue weighted by Crippen LogP contribution is 2.25. The fourth-order valence-corrected chi connectivity index (χ4v) is 3.04. The van der Waals surface area contributed by atoms with E-state index in [0.717, 1.165) is 24.5 Å². The average molecular weight is 276 g/mol. The summed E-state index contributed by atoms with van der Waals surface area (Å²) >= 11 is 3.34. The van der Waals surface area contributed by atoms with E-state index in [1.54, 1.807) is 22.7 Å². The van der Waals surface area contributed by atoms with Crippen molar-refractivity contribution in [3.63, 3.8) is 0 Å². The van der Waals surface area contributed by atoms with Gasteiger partial charge in [-0.3, -0.25) is 5.10 Å². The second kappa shape index (κ2) is 5.43. The van der Waals surface area contributed by atoms with Crippen LogP contribution in [0.15, 0.2) is 34.6 Å². The Labute approximate surface area is 113 Å². The third kappa shape index (κ3) is 2.50. The molecule has 3 aromatic heterocycles. The topological polar surface area (TPSA) is 53.6 Å². The molecule has 0 saturated carbocycles. The lowest BCUT2D eigenvalue weighted by molar-refractivity contribution is 0.684. The van der Waals surface area contributed by atoms with Gasteiger partial charge in [-0.1, -0.05) is 6.07 Å². The molecule has 4 nitrogen and oxygen atoms in total. The van der Waals surface area contributed by atoms with Crippen molar-refractivity contribution >= 4 is 22.7 Å². The second-order valence-electron chi connectivity index (χ2n) is 3.83. The Balaban J connectivity index is 1.65. The van der Waals surface area contributed by atoms with Crippen LogP contribution < -0.4 is 5.32 Å². The Morgan fingerprint density at radius 1 is 1.33 bits per heavy atom. The van der Waals surface area contributed by atoms with Crippen molar-refractivity contribution in [2.75, 3.05) is 0 Å². The van der Waals surface area contributed by atoms with Gasteiger partial charge in [-0.05, 0) is 11.4 Å². The zero-order valence-electron chi connectivity index (χ0n) is 9.59. The lowest BCUT2D eigenvalue weighted by Crippen LogP contribution is -2.12. The predicted molar refractivity (Wildman–Crippen MR) is 74.6 cm³/mol. The van der Waals surface area contributed by atoms with E-state index in [1.807, 2.05) is 17.8 Å². The van der Waals surface area contributed by atoms with Crippen LogP contribution in [-0.2, 0) is 13.1 Å². The van der Waals surface area contributed by atoms with Crippen molar-refractivity contribution < 1.29 is 0 Å². The molecule has 0 radical (unpaired) electrons. The summed E-state index contributed by atoms with van der Waals surface area (Å²) in [5.74, 6) is 0. The standard InChI is InChI=1S/C12H12N4S2/c1-2-11(18-3-1)12-9(5-15-16-12)4-13-6-10-7-17-8-14-10/h1-3,5,7-8,13H,4,6H2,(H,15,16). The summed E-state index contributed by atoms with van der Waals surface area (Å²) in [6.07, 6.45) is 1.88. The molecular formula is C12H12N4S2. The maximum atomic E-state index is 4.24. The second-order valence-corrected chi connectivity index (χ2v) is 5.50. The summed E-state index contributed by atoms with van der Waals surface area (Å²) in [7, 11) is 0. The van der Waals surface area contributed by atoms with Crippen molar-refractivity contribution in [3.05, 3.63) is 45.9 Å². The summed E-state index contributed by atoms with van der Waals surface area (Å²) in [5, 5.41) is 14.7. The number of aromatic amines is 1. The highest BCUT2D eigenvalue weighted by Gasteiger charge is 2.08. The lowest BCUT2D eigenvalue weighted by atomic mass is 10.2. The molecule has 0 aliphatic rings. The van der Waals surface area contributed by atoms with Gasteiger partial charge in [-0.2, -0.15) is 5.10 Å². The van der Waals surface area contributed by atoms with Gasteiger partial charge in [0.1, 0.15) is 0 Å². The molecule has 18 heavy (non-hydrogen) atoms. The smallest absolute Gasteiger partial charge is 0.0795 e. The minimum absolute atomic E-state index is 0.790. The molecule has 6 heteroatoms. The third-order valence-electron chi connectivity index (χ3n) is 2.59.